The highest BCUT2D eigenvalue weighted by molar-refractivity contribution is 7.92. The third kappa shape index (κ3) is 7.32. The van der Waals surface area contributed by atoms with Crippen LogP contribution in [0.5, 0.6) is 0 Å². The minimum absolute atomic E-state index is 0.200. The lowest BCUT2D eigenvalue weighted by molar-refractivity contribution is -0.139. The van der Waals surface area contributed by atoms with Crippen molar-refractivity contribution in [2.24, 2.45) is 0 Å². The van der Waals surface area contributed by atoms with Gasteiger partial charge in [0.1, 0.15) is 12.6 Å². The molecule has 0 saturated carbocycles. The molecule has 0 fully saturated rings. The lowest BCUT2D eigenvalue weighted by atomic mass is 10.1. The monoisotopic (exact) mass is 473 g/mol. The summed E-state index contributed by atoms with van der Waals surface area (Å²) >= 11 is 0. The Kier molecular flexibility index (Phi) is 9.05. The maximum atomic E-state index is 13.5. The number of carbonyl (C=O) groups is 2. The van der Waals surface area contributed by atoms with Crippen LogP contribution in [-0.4, -0.2) is 50.5 Å². The molecular weight excluding hydrogens is 438 g/mol. The highest BCUT2D eigenvalue weighted by Gasteiger charge is 2.30. The average molecular weight is 474 g/mol. The van der Waals surface area contributed by atoms with E-state index in [1.54, 1.807) is 19.1 Å². The summed E-state index contributed by atoms with van der Waals surface area (Å²) in [6.07, 6.45) is 1.86. The SMILES string of the molecule is CCCNC(=O)C(C)N(Cc1cccc(C)c1)C(=O)CN(c1ccc(C)c(C)c1)S(C)(=O)=O. The van der Waals surface area contributed by atoms with Gasteiger partial charge >= 0.3 is 0 Å². The van der Waals surface area contributed by atoms with Crippen molar-refractivity contribution in [1.82, 2.24) is 10.2 Å². The van der Waals surface area contributed by atoms with Gasteiger partial charge in [-0.1, -0.05) is 42.8 Å². The molecule has 2 aromatic carbocycles. The molecule has 7 nitrogen and oxygen atoms in total. The first-order chi connectivity index (χ1) is 15.4. The van der Waals surface area contributed by atoms with Crippen molar-refractivity contribution in [3.8, 4) is 0 Å². The number of nitrogens with one attached hydrogen (secondary N) is 1. The molecule has 2 amide bonds. The highest BCUT2D eigenvalue weighted by Crippen LogP contribution is 2.22. The Hall–Kier alpha value is -2.87. The number of carbonyl (C=O) groups excluding carboxylic acids is 2. The molecule has 1 atom stereocenters. The van der Waals surface area contributed by atoms with Crippen LogP contribution in [0.25, 0.3) is 0 Å². The van der Waals surface area contributed by atoms with Crippen molar-refractivity contribution in [1.29, 1.82) is 0 Å². The molecule has 0 heterocycles. The topological polar surface area (TPSA) is 86.8 Å². The first-order valence-electron chi connectivity index (χ1n) is 11.1. The molecule has 2 aromatic rings. The average Bonchev–Trinajstić information content (AvgIpc) is 2.74. The summed E-state index contributed by atoms with van der Waals surface area (Å²) in [6.45, 7) is 9.73. The van der Waals surface area contributed by atoms with Gasteiger partial charge in [-0.05, 0) is 62.9 Å². The second kappa shape index (κ2) is 11.3. The maximum Gasteiger partial charge on any atom is 0.244 e. The van der Waals surface area contributed by atoms with E-state index in [-0.39, 0.29) is 12.5 Å². The van der Waals surface area contributed by atoms with Gasteiger partial charge in [0.05, 0.1) is 11.9 Å². The minimum Gasteiger partial charge on any atom is -0.354 e. The van der Waals surface area contributed by atoms with Crippen LogP contribution in [0.15, 0.2) is 42.5 Å². The highest BCUT2D eigenvalue weighted by atomic mass is 32.2. The number of anilines is 1. The lowest BCUT2D eigenvalue weighted by Gasteiger charge is -2.31. The molecular formula is C25H35N3O4S. The summed E-state index contributed by atoms with van der Waals surface area (Å²) in [7, 11) is -3.73. The van der Waals surface area contributed by atoms with Crippen molar-refractivity contribution in [2.45, 2.75) is 53.6 Å². The second-order valence-electron chi connectivity index (χ2n) is 8.52. The zero-order chi connectivity index (χ0) is 24.8. The first kappa shape index (κ1) is 26.4. The number of hydrogen-bond donors (Lipinski definition) is 1. The van der Waals surface area contributed by atoms with E-state index in [0.717, 1.165) is 39.2 Å². The second-order valence-corrected chi connectivity index (χ2v) is 10.4. The fourth-order valence-electron chi connectivity index (χ4n) is 3.48. The molecule has 33 heavy (non-hydrogen) atoms. The summed E-state index contributed by atoms with van der Waals surface area (Å²) in [5.74, 6) is -0.714. The Morgan fingerprint density at radius 1 is 1.03 bits per heavy atom. The van der Waals surface area contributed by atoms with Crippen LogP contribution in [0.3, 0.4) is 0 Å². The Balaban J connectivity index is 2.39. The Morgan fingerprint density at radius 3 is 2.30 bits per heavy atom. The molecule has 8 heteroatoms. The van der Waals surface area contributed by atoms with Gasteiger partial charge in [0.15, 0.2) is 0 Å². The van der Waals surface area contributed by atoms with E-state index in [1.165, 1.54) is 4.90 Å². The fourth-order valence-corrected chi connectivity index (χ4v) is 4.32. The van der Waals surface area contributed by atoms with E-state index < -0.39 is 28.5 Å². The van der Waals surface area contributed by atoms with Gasteiger partial charge in [-0.25, -0.2) is 8.42 Å². The van der Waals surface area contributed by atoms with E-state index in [1.807, 2.05) is 58.0 Å². The molecule has 0 aliphatic carbocycles. The van der Waals surface area contributed by atoms with E-state index in [4.69, 9.17) is 0 Å². The van der Waals surface area contributed by atoms with Crippen molar-refractivity contribution in [3.63, 3.8) is 0 Å². The lowest BCUT2D eigenvalue weighted by Crippen LogP contribution is -2.51. The molecule has 0 radical (unpaired) electrons. The van der Waals surface area contributed by atoms with Gasteiger partial charge in [0.2, 0.25) is 21.8 Å². The number of rotatable bonds is 10. The number of nitrogens with zero attached hydrogens (tertiary/aromatic N) is 2. The maximum absolute atomic E-state index is 13.5. The fraction of sp³-hybridized carbons (Fsp3) is 0.440. The predicted molar refractivity (Wildman–Crippen MR) is 133 cm³/mol. The number of sulfonamides is 1. The van der Waals surface area contributed by atoms with E-state index in [2.05, 4.69) is 5.32 Å². The minimum atomic E-state index is -3.73. The van der Waals surface area contributed by atoms with Gasteiger partial charge in [0, 0.05) is 13.1 Å². The van der Waals surface area contributed by atoms with Crippen LogP contribution in [0, 0.1) is 20.8 Å². The van der Waals surface area contributed by atoms with Gasteiger partial charge in [-0.3, -0.25) is 13.9 Å². The molecule has 2 rings (SSSR count). The molecule has 180 valence electrons. The third-order valence-electron chi connectivity index (χ3n) is 5.61. The van der Waals surface area contributed by atoms with Crippen molar-refractivity contribution >= 4 is 27.5 Å². The molecule has 0 aliphatic rings. The van der Waals surface area contributed by atoms with Crippen molar-refractivity contribution in [3.05, 3.63) is 64.7 Å². The molecule has 1 unspecified atom stereocenters. The predicted octanol–water partition coefficient (Wildman–Crippen LogP) is 3.32. The molecule has 0 saturated heterocycles. The van der Waals surface area contributed by atoms with Crippen LogP contribution in [0.4, 0.5) is 5.69 Å². The molecule has 0 spiro atoms. The normalized spacial score (nSPS) is 12.2. The van der Waals surface area contributed by atoms with Crippen molar-refractivity contribution in [2.75, 3.05) is 23.7 Å². The summed E-state index contributed by atoms with van der Waals surface area (Å²) in [6, 6.07) is 12.2. The molecule has 1 N–H and O–H groups in total. The Labute approximate surface area is 197 Å². The Morgan fingerprint density at radius 2 is 1.73 bits per heavy atom. The summed E-state index contributed by atoms with van der Waals surface area (Å²) in [4.78, 5) is 27.6. The molecule has 0 aliphatic heterocycles. The molecule has 0 aromatic heterocycles. The third-order valence-corrected chi connectivity index (χ3v) is 6.75. The summed E-state index contributed by atoms with van der Waals surface area (Å²) in [5, 5.41) is 2.83. The smallest absolute Gasteiger partial charge is 0.244 e. The van der Waals surface area contributed by atoms with Gasteiger partial charge in [-0.2, -0.15) is 0 Å². The van der Waals surface area contributed by atoms with E-state index >= 15 is 0 Å². The van der Waals surface area contributed by atoms with Crippen LogP contribution >= 0.6 is 0 Å². The standard InChI is InChI=1S/C25H35N3O4S/c1-7-13-26-25(30)21(5)27(16-22-10-8-9-18(2)14-22)24(29)17-28(33(6,31)32)23-12-11-19(3)20(4)15-23/h8-12,14-15,21H,7,13,16-17H2,1-6H3,(H,26,30). The van der Waals surface area contributed by atoms with Crippen LogP contribution < -0.4 is 9.62 Å². The Bertz CT molecular complexity index is 1100. The number of amides is 2. The summed E-state index contributed by atoms with van der Waals surface area (Å²) < 4.78 is 26.3. The van der Waals surface area contributed by atoms with Crippen LogP contribution in [0.1, 0.15) is 42.5 Å². The zero-order valence-electron chi connectivity index (χ0n) is 20.4. The van der Waals surface area contributed by atoms with Crippen molar-refractivity contribution < 1.29 is 18.0 Å². The number of aryl methyl sites for hydroxylation is 3. The van der Waals surface area contributed by atoms with Gasteiger partial charge in [0.25, 0.3) is 0 Å². The summed E-state index contributed by atoms with van der Waals surface area (Å²) in [5.41, 5.74) is 4.29. The van der Waals surface area contributed by atoms with Gasteiger partial charge in [-0.15, -0.1) is 0 Å². The zero-order valence-corrected chi connectivity index (χ0v) is 21.2. The first-order valence-corrected chi connectivity index (χ1v) is 13.0. The van der Waals surface area contributed by atoms with E-state index in [0.29, 0.717) is 12.2 Å². The van der Waals surface area contributed by atoms with E-state index in [9.17, 15) is 18.0 Å². The number of hydrogen-bond acceptors (Lipinski definition) is 4. The largest absolute Gasteiger partial charge is 0.354 e. The quantitative estimate of drug-likeness (QED) is 0.574. The molecule has 0 bridgehead atoms. The van der Waals surface area contributed by atoms with Gasteiger partial charge < -0.3 is 10.2 Å². The number of benzene rings is 2. The van der Waals surface area contributed by atoms with Crippen LogP contribution in [-0.2, 0) is 26.2 Å². The van der Waals surface area contributed by atoms with Crippen LogP contribution in [0.2, 0.25) is 0 Å².